The molecular weight excluding hydrogens is 440 g/mol. The number of thiazole rings is 1. The van der Waals surface area contributed by atoms with Crippen molar-refractivity contribution in [3.05, 3.63) is 81.5 Å². The molecule has 1 amide bonds. The van der Waals surface area contributed by atoms with E-state index in [1.807, 2.05) is 29.6 Å². The summed E-state index contributed by atoms with van der Waals surface area (Å²) in [5, 5.41) is 20.2. The number of rotatable bonds is 6. The Labute approximate surface area is 185 Å². The molecule has 2 aromatic heterocycles. The lowest BCUT2D eigenvalue weighted by Gasteiger charge is -2.04. The molecule has 9 heteroatoms. The van der Waals surface area contributed by atoms with Crippen LogP contribution in [0.3, 0.4) is 0 Å². The largest absolute Gasteiger partial charge is 0.508 e. The van der Waals surface area contributed by atoms with Crippen molar-refractivity contribution in [3.8, 4) is 17.0 Å². The normalized spacial score (nSPS) is 11.0. The second-order valence-electron chi connectivity index (χ2n) is 6.10. The number of anilines is 2. The zero-order valence-electron chi connectivity index (χ0n) is 15.4. The minimum absolute atomic E-state index is 0.164. The van der Waals surface area contributed by atoms with Gasteiger partial charge in [0.2, 0.25) is 5.13 Å². The molecule has 0 fully saturated rings. The lowest BCUT2D eigenvalue weighted by Crippen LogP contribution is -2.09. The summed E-state index contributed by atoms with van der Waals surface area (Å²) in [6.07, 6.45) is 1.58. The van der Waals surface area contributed by atoms with Crippen LogP contribution in [0.4, 0.5) is 10.1 Å². The van der Waals surface area contributed by atoms with Gasteiger partial charge < -0.3 is 10.4 Å². The van der Waals surface area contributed by atoms with E-state index < -0.39 is 0 Å². The number of thiophene rings is 1. The summed E-state index contributed by atoms with van der Waals surface area (Å²) in [7, 11) is 0. The Morgan fingerprint density at radius 2 is 1.97 bits per heavy atom. The summed E-state index contributed by atoms with van der Waals surface area (Å²) < 4.78 is 0. The lowest BCUT2D eigenvalue weighted by molar-refractivity contribution is 0.103. The number of carbonyl (C=O) groups is 1. The van der Waals surface area contributed by atoms with Crippen LogP contribution in [0.15, 0.2) is 71.1 Å². The van der Waals surface area contributed by atoms with E-state index >= 15 is 0 Å². The molecule has 0 aliphatic heterocycles. The van der Waals surface area contributed by atoms with Crippen LogP contribution in [0.1, 0.15) is 15.2 Å². The van der Waals surface area contributed by atoms with Gasteiger partial charge in [0.25, 0.3) is 5.91 Å². The molecule has 4 aromatic rings. The summed E-state index contributed by atoms with van der Waals surface area (Å²) in [6.45, 7) is 0. The molecule has 0 spiro atoms. The number of hydrogen-bond acceptors (Lipinski definition) is 7. The van der Waals surface area contributed by atoms with Gasteiger partial charge in [0.15, 0.2) is 0 Å². The molecule has 0 saturated heterocycles. The van der Waals surface area contributed by atoms with Crippen LogP contribution in [0.2, 0.25) is 5.02 Å². The van der Waals surface area contributed by atoms with E-state index in [1.54, 1.807) is 42.6 Å². The third kappa shape index (κ3) is 4.85. The Morgan fingerprint density at radius 1 is 1.13 bits per heavy atom. The third-order valence-corrected chi connectivity index (χ3v) is 5.96. The smallest absolute Gasteiger partial charge is 0.266 e. The predicted molar refractivity (Wildman–Crippen MR) is 124 cm³/mol. The number of halogens is 1. The Kier molecular flexibility index (Phi) is 6.08. The van der Waals surface area contributed by atoms with E-state index in [0.29, 0.717) is 25.7 Å². The number of phenolic OH excluding ortho intramolecular Hbond substituents is 1. The van der Waals surface area contributed by atoms with Gasteiger partial charge in [0, 0.05) is 10.6 Å². The maximum absolute atomic E-state index is 12.5. The van der Waals surface area contributed by atoms with E-state index in [-0.39, 0.29) is 11.7 Å². The highest BCUT2D eigenvalue weighted by atomic mass is 35.5. The molecule has 0 bridgehead atoms. The molecule has 0 atom stereocenters. The van der Waals surface area contributed by atoms with Gasteiger partial charge in [-0.15, -0.1) is 11.3 Å². The molecule has 2 aromatic carbocycles. The molecule has 30 heavy (non-hydrogen) atoms. The number of nitrogens with zero attached hydrogens (tertiary/aromatic N) is 2. The van der Waals surface area contributed by atoms with Crippen LogP contribution >= 0.6 is 34.3 Å². The SMILES string of the molecule is O=C(Nc1sc(N/N=C/c2cccc(O)c2)nc1-c1ccc(Cl)cc1)c1cccs1. The zero-order chi connectivity index (χ0) is 20.9. The summed E-state index contributed by atoms with van der Waals surface area (Å²) >= 11 is 8.64. The van der Waals surface area contributed by atoms with Crippen LogP contribution in [-0.4, -0.2) is 22.2 Å². The maximum atomic E-state index is 12.5. The van der Waals surface area contributed by atoms with E-state index in [1.165, 1.54) is 22.7 Å². The third-order valence-electron chi connectivity index (χ3n) is 3.96. The molecule has 4 rings (SSSR count). The fourth-order valence-corrected chi connectivity index (χ4v) is 4.17. The molecule has 0 unspecified atom stereocenters. The maximum Gasteiger partial charge on any atom is 0.266 e. The van der Waals surface area contributed by atoms with Crippen molar-refractivity contribution in [2.75, 3.05) is 10.7 Å². The molecule has 150 valence electrons. The number of phenols is 1. The van der Waals surface area contributed by atoms with Gasteiger partial charge in [-0.2, -0.15) is 5.10 Å². The summed E-state index contributed by atoms with van der Waals surface area (Å²) in [5.41, 5.74) is 5.07. The molecule has 2 heterocycles. The summed E-state index contributed by atoms with van der Waals surface area (Å²) in [6, 6.07) is 17.6. The first-order valence-electron chi connectivity index (χ1n) is 8.78. The Hall–Kier alpha value is -3.20. The summed E-state index contributed by atoms with van der Waals surface area (Å²) in [5.74, 6) is -0.0320. The van der Waals surface area contributed by atoms with Crippen molar-refractivity contribution in [3.63, 3.8) is 0 Å². The van der Waals surface area contributed by atoms with Crippen molar-refractivity contribution in [2.45, 2.75) is 0 Å². The first-order valence-corrected chi connectivity index (χ1v) is 10.9. The lowest BCUT2D eigenvalue weighted by atomic mass is 10.1. The van der Waals surface area contributed by atoms with E-state index in [4.69, 9.17) is 11.6 Å². The molecule has 0 radical (unpaired) electrons. The second-order valence-corrected chi connectivity index (χ2v) is 8.48. The van der Waals surface area contributed by atoms with Crippen LogP contribution in [-0.2, 0) is 0 Å². The van der Waals surface area contributed by atoms with E-state index in [9.17, 15) is 9.90 Å². The van der Waals surface area contributed by atoms with Gasteiger partial charge in [-0.3, -0.25) is 10.2 Å². The van der Waals surface area contributed by atoms with E-state index in [2.05, 4.69) is 20.8 Å². The number of carbonyl (C=O) groups excluding carboxylic acids is 1. The number of amides is 1. The topological polar surface area (TPSA) is 86.6 Å². The van der Waals surface area contributed by atoms with E-state index in [0.717, 1.165) is 11.1 Å². The first kappa shape index (κ1) is 20.1. The highest BCUT2D eigenvalue weighted by Gasteiger charge is 2.17. The van der Waals surface area contributed by atoms with Crippen LogP contribution in [0, 0.1) is 0 Å². The monoisotopic (exact) mass is 454 g/mol. The fourth-order valence-electron chi connectivity index (χ4n) is 2.60. The van der Waals surface area contributed by atoms with Gasteiger partial charge in [-0.05, 0) is 41.3 Å². The molecule has 3 N–H and O–H groups in total. The van der Waals surface area contributed by atoms with Gasteiger partial charge in [-0.1, -0.05) is 53.3 Å². The number of hydrazone groups is 1. The fraction of sp³-hybridized carbons (Fsp3) is 0. The predicted octanol–water partition coefficient (Wildman–Crippen LogP) is 5.93. The molecule has 0 saturated carbocycles. The van der Waals surface area contributed by atoms with Crippen molar-refractivity contribution < 1.29 is 9.90 Å². The molecule has 0 aliphatic carbocycles. The summed E-state index contributed by atoms with van der Waals surface area (Å²) in [4.78, 5) is 17.7. The minimum atomic E-state index is -0.196. The average Bonchev–Trinajstić information content (AvgIpc) is 3.39. The van der Waals surface area contributed by atoms with Crippen LogP contribution in [0.25, 0.3) is 11.3 Å². The number of hydrogen-bond donors (Lipinski definition) is 3. The van der Waals surface area contributed by atoms with Crippen LogP contribution < -0.4 is 10.7 Å². The Bertz CT molecular complexity index is 1190. The number of aromatic nitrogens is 1. The van der Waals surface area contributed by atoms with Gasteiger partial charge in [0.1, 0.15) is 16.4 Å². The number of nitrogens with one attached hydrogen (secondary N) is 2. The molecule has 6 nitrogen and oxygen atoms in total. The average molecular weight is 455 g/mol. The number of benzene rings is 2. The van der Waals surface area contributed by atoms with Gasteiger partial charge in [-0.25, -0.2) is 4.98 Å². The van der Waals surface area contributed by atoms with Crippen molar-refractivity contribution in [1.29, 1.82) is 0 Å². The molecule has 0 aliphatic rings. The zero-order valence-corrected chi connectivity index (χ0v) is 17.8. The molecular formula is C21H15ClN4O2S2. The van der Waals surface area contributed by atoms with Crippen molar-refractivity contribution in [1.82, 2.24) is 4.98 Å². The first-order chi connectivity index (χ1) is 14.6. The Balaban J connectivity index is 1.59. The van der Waals surface area contributed by atoms with Crippen molar-refractivity contribution in [2.24, 2.45) is 5.10 Å². The highest BCUT2D eigenvalue weighted by Crippen LogP contribution is 2.36. The second kappa shape index (κ2) is 9.08. The number of aromatic hydroxyl groups is 1. The van der Waals surface area contributed by atoms with Gasteiger partial charge >= 0.3 is 0 Å². The quantitative estimate of drug-likeness (QED) is 0.249. The van der Waals surface area contributed by atoms with Crippen molar-refractivity contribution >= 4 is 56.5 Å². The highest BCUT2D eigenvalue weighted by molar-refractivity contribution is 7.20. The van der Waals surface area contributed by atoms with Crippen LogP contribution in [0.5, 0.6) is 5.75 Å². The van der Waals surface area contributed by atoms with Gasteiger partial charge in [0.05, 0.1) is 11.1 Å². The standard InChI is InChI=1S/C21H15ClN4O2S2/c22-15-8-6-14(7-9-15)18-20(25-19(28)17-5-2-10-29-17)30-21(24-18)26-23-12-13-3-1-4-16(27)11-13/h1-12,27H,(H,24,26)(H,25,28)/b23-12+. The minimum Gasteiger partial charge on any atom is -0.508 e. The Morgan fingerprint density at radius 3 is 2.70 bits per heavy atom.